The summed E-state index contributed by atoms with van der Waals surface area (Å²) in [6, 6.07) is 6.64. The van der Waals surface area contributed by atoms with Crippen LogP contribution in [0.15, 0.2) is 18.2 Å². The monoisotopic (exact) mass is 241 g/mol. The second kappa shape index (κ2) is 4.56. The van der Waals surface area contributed by atoms with Gasteiger partial charge in [0, 0.05) is 0 Å². The molecule has 3 nitrogen and oxygen atoms in total. The van der Waals surface area contributed by atoms with Crippen molar-refractivity contribution in [3.63, 3.8) is 0 Å². The summed E-state index contributed by atoms with van der Waals surface area (Å²) in [6.07, 6.45) is 4.76. The summed E-state index contributed by atoms with van der Waals surface area (Å²) in [5.41, 5.74) is 6.57. The normalized spacial score (nSPS) is 14.6. The fourth-order valence-corrected chi connectivity index (χ4v) is 2.62. The van der Waals surface area contributed by atoms with Gasteiger partial charge >= 0.3 is 0 Å². The second-order valence-electron chi connectivity index (χ2n) is 5.27. The Morgan fingerprint density at radius 1 is 1.11 bits per heavy atom. The summed E-state index contributed by atoms with van der Waals surface area (Å²) in [4.78, 5) is 0. The van der Waals surface area contributed by atoms with Gasteiger partial charge in [-0.2, -0.15) is 0 Å². The van der Waals surface area contributed by atoms with Crippen LogP contribution in [0, 0.1) is 13.8 Å². The third-order valence-corrected chi connectivity index (χ3v) is 3.90. The van der Waals surface area contributed by atoms with Crippen LogP contribution in [0.3, 0.4) is 0 Å². The molecule has 1 aliphatic rings. The summed E-state index contributed by atoms with van der Waals surface area (Å²) in [5, 5.41) is 8.62. The van der Waals surface area contributed by atoms with Gasteiger partial charge in [-0.15, -0.1) is 5.10 Å². The molecule has 0 N–H and O–H groups in total. The van der Waals surface area contributed by atoms with Gasteiger partial charge in [-0.3, -0.25) is 0 Å². The molecule has 0 saturated carbocycles. The summed E-state index contributed by atoms with van der Waals surface area (Å²) >= 11 is 0. The van der Waals surface area contributed by atoms with Gasteiger partial charge in [0.25, 0.3) is 0 Å². The van der Waals surface area contributed by atoms with Crippen molar-refractivity contribution in [3.8, 4) is 0 Å². The first-order valence-electron chi connectivity index (χ1n) is 6.71. The first kappa shape index (κ1) is 11.5. The lowest BCUT2D eigenvalue weighted by Gasteiger charge is -2.12. The number of hydrogen-bond donors (Lipinski definition) is 0. The molecule has 3 rings (SSSR count). The quantitative estimate of drug-likeness (QED) is 0.809. The highest BCUT2D eigenvalue weighted by Crippen LogP contribution is 2.20. The van der Waals surface area contributed by atoms with Crippen molar-refractivity contribution in [1.29, 1.82) is 0 Å². The summed E-state index contributed by atoms with van der Waals surface area (Å²) in [7, 11) is 0. The van der Waals surface area contributed by atoms with E-state index in [1.54, 1.807) is 0 Å². The van der Waals surface area contributed by atoms with Crippen molar-refractivity contribution in [2.45, 2.75) is 46.1 Å². The molecule has 0 radical (unpaired) electrons. The number of nitrogens with zero attached hydrogens (tertiary/aromatic N) is 3. The van der Waals surface area contributed by atoms with E-state index in [2.05, 4.69) is 47.0 Å². The van der Waals surface area contributed by atoms with Gasteiger partial charge in [-0.25, -0.2) is 4.68 Å². The number of aromatic nitrogens is 3. The zero-order valence-electron chi connectivity index (χ0n) is 11.1. The summed E-state index contributed by atoms with van der Waals surface area (Å²) < 4.78 is 2.08. The zero-order valence-corrected chi connectivity index (χ0v) is 11.1. The molecule has 0 fully saturated rings. The summed E-state index contributed by atoms with van der Waals surface area (Å²) in [5.74, 6) is 0. The van der Waals surface area contributed by atoms with Crippen LogP contribution < -0.4 is 0 Å². The van der Waals surface area contributed by atoms with Crippen LogP contribution in [-0.2, 0) is 19.4 Å². The first-order chi connectivity index (χ1) is 8.74. The van der Waals surface area contributed by atoms with Crippen LogP contribution in [0.2, 0.25) is 0 Å². The molecule has 1 aliphatic carbocycles. The average Bonchev–Trinajstić information content (AvgIpc) is 2.78. The van der Waals surface area contributed by atoms with E-state index in [4.69, 9.17) is 0 Å². The molecular formula is C15H19N3. The number of fused-ring (bicyclic) bond motifs is 1. The number of benzene rings is 1. The Bertz CT molecular complexity index is 569. The lowest BCUT2D eigenvalue weighted by atomic mass is 10.0. The fourth-order valence-electron chi connectivity index (χ4n) is 2.62. The van der Waals surface area contributed by atoms with Crippen molar-refractivity contribution in [2.24, 2.45) is 0 Å². The van der Waals surface area contributed by atoms with Crippen molar-refractivity contribution >= 4 is 0 Å². The molecule has 94 valence electrons. The molecule has 1 aromatic heterocycles. The number of aryl methyl sites for hydroxylation is 3. The molecule has 1 heterocycles. The van der Waals surface area contributed by atoms with E-state index < -0.39 is 0 Å². The van der Waals surface area contributed by atoms with E-state index in [9.17, 15) is 0 Å². The molecule has 0 unspecified atom stereocenters. The second-order valence-corrected chi connectivity index (χ2v) is 5.27. The molecule has 0 atom stereocenters. The topological polar surface area (TPSA) is 30.7 Å². The van der Waals surface area contributed by atoms with Crippen molar-refractivity contribution in [1.82, 2.24) is 15.0 Å². The largest absolute Gasteiger partial charge is 0.245 e. The highest BCUT2D eigenvalue weighted by atomic mass is 15.4. The van der Waals surface area contributed by atoms with Gasteiger partial charge in [-0.05, 0) is 56.2 Å². The Balaban J connectivity index is 1.88. The van der Waals surface area contributed by atoms with Gasteiger partial charge in [0.05, 0.1) is 17.9 Å². The first-order valence-corrected chi connectivity index (χ1v) is 6.71. The molecular weight excluding hydrogens is 222 g/mol. The van der Waals surface area contributed by atoms with Crippen LogP contribution in [0.25, 0.3) is 0 Å². The van der Waals surface area contributed by atoms with Crippen molar-refractivity contribution < 1.29 is 0 Å². The van der Waals surface area contributed by atoms with E-state index in [1.807, 2.05) is 0 Å². The maximum absolute atomic E-state index is 4.31. The fraction of sp³-hybridized carbons (Fsp3) is 0.467. The van der Waals surface area contributed by atoms with E-state index in [0.29, 0.717) is 0 Å². The molecule has 1 aromatic carbocycles. The molecule has 0 saturated heterocycles. The van der Waals surface area contributed by atoms with E-state index in [-0.39, 0.29) is 0 Å². The molecule has 18 heavy (non-hydrogen) atoms. The minimum absolute atomic E-state index is 0.851. The van der Waals surface area contributed by atoms with Gasteiger partial charge < -0.3 is 0 Å². The lowest BCUT2D eigenvalue weighted by molar-refractivity contribution is 0.591. The zero-order chi connectivity index (χ0) is 12.5. The van der Waals surface area contributed by atoms with E-state index in [0.717, 1.165) is 19.4 Å². The molecule has 0 amide bonds. The predicted molar refractivity (Wildman–Crippen MR) is 71.7 cm³/mol. The van der Waals surface area contributed by atoms with Gasteiger partial charge in [-0.1, -0.05) is 23.4 Å². The van der Waals surface area contributed by atoms with E-state index >= 15 is 0 Å². The molecule has 0 bridgehead atoms. The highest BCUT2D eigenvalue weighted by molar-refractivity contribution is 5.30. The minimum Gasteiger partial charge on any atom is -0.245 e. The number of rotatable bonds is 2. The summed E-state index contributed by atoms with van der Waals surface area (Å²) in [6.45, 7) is 5.16. The third-order valence-electron chi connectivity index (χ3n) is 3.90. The van der Waals surface area contributed by atoms with Crippen LogP contribution in [0.4, 0.5) is 0 Å². The number of hydrogen-bond acceptors (Lipinski definition) is 2. The third kappa shape index (κ3) is 2.05. The maximum Gasteiger partial charge on any atom is 0.0859 e. The Labute approximate surface area is 108 Å². The van der Waals surface area contributed by atoms with Crippen LogP contribution in [0.1, 0.15) is 40.9 Å². The Morgan fingerprint density at radius 2 is 1.94 bits per heavy atom. The standard InChI is InChI=1S/C15H19N3/c1-11-7-8-13(9-12(11)2)10-18-15-6-4-3-5-14(15)16-17-18/h7-9H,3-6,10H2,1-2H3. The molecule has 0 spiro atoms. The van der Waals surface area contributed by atoms with Gasteiger partial charge in [0.1, 0.15) is 0 Å². The van der Waals surface area contributed by atoms with Gasteiger partial charge in [0.15, 0.2) is 0 Å². The maximum atomic E-state index is 4.31. The van der Waals surface area contributed by atoms with Gasteiger partial charge in [0.2, 0.25) is 0 Å². The average molecular weight is 241 g/mol. The smallest absolute Gasteiger partial charge is 0.0859 e. The van der Waals surface area contributed by atoms with Crippen LogP contribution in [0.5, 0.6) is 0 Å². The lowest BCUT2D eigenvalue weighted by Crippen LogP contribution is -2.10. The van der Waals surface area contributed by atoms with E-state index in [1.165, 1.54) is 40.9 Å². The highest BCUT2D eigenvalue weighted by Gasteiger charge is 2.16. The predicted octanol–water partition coefficient (Wildman–Crippen LogP) is 2.82. The van der Waals surface area contributed by atoms with Crippen LogP contribution >= 0.6 is 0 Å². The molecule has 2 aromatic rings. The minimum atomic E-state index is 0.851. The Kier molecular flexibility index (Phi) is 2.90. The SMILES string of the molecule is Cc1ccc(Cn2nnc3c2CCCC3)cc1C. The van der Waals surface area contributed by atoms with Crippen molar-refractivity contribution in [2.75, 3.05) is 0 Å². The Morgan fingerprint density at radius 3 is 2.78 bits per heavy atom. The van der Waals surface area contributed by atoms with Crippen molar-refractivity contribution in [3.05, 3.63) is 46.3 Å². The molecule has 0 aliphatic heterocycles. The molecule has 3 heteroatoms. The van der Waals surface area contributed by atoms with Crippen LogP contribution in [-0.4, -0.2) is 15.0 Å². The Hall–Kier alpha value is -1.64.